The first-order chi connectivity index (χ1) is 7.46. The Hall–Kier alpha value is -1.89. The molecule has 6 nitrogen and oxygen atoms in total. The fourth-order valence-corrected chi connectivity index (χ4v) is 1.76. The van der Waals surface area contributed by atoms with Gasteiger partial charge in [0.2, 0.25) is 5.75 Å². The molecule has 0 radical (unpaired) electrons. The van der Waals surface area contributed by atoms with Crippen molar-refractivity contribution in [2.45, 2.75) is 0 Å². The van der Waals surface area contributed by atoms with Gasteiger partial charge in [-0.3, -0.25) is 10.1 Å². The number of benzene rings is 1. The van der Waals surface area contributed by atoms with E-state index in [4.69, 9.17) is 0 Å². The lowest BCUT2D eigenvalue weighted by Crippen LogP contribution is -2.12. The third-order valence-corrected chi connectivity index (χ3v) is 2.68. The molecule has 0 bridgehead atoms. The van der Waals surface area contributed by atoms with Gasteiger partial charge in [0.15, 0.2) is 0 Å². The van der Waals surface area contributed by atoms with Crippen LogP contribution >= 0.6 is 0 Å². The fraction of sp³-hybridized carbons (Fsp3) is 0.111. The summed E-state index contributed by atoms with van der Waals surface area (Å²) in [5.74, 6) is -0.701. The Morgan fingerprint density at radius 2 is 2.06 bits per heavy atom. The van der Waals surface area contributed by atoms with Crippen LogP contribution in [0.4, 0.5) is 5.69 Å². The Bertz CT molecular complexity index is 508. The van der Waals surface area contributed by atoms with Gasteiger partial charge in [-0.2, -0.15) is 8.42 Å². The van der Waals surface area contributed by atoms with Crippen molar-refractivity contribution in [3.63, 3.8) is 0 Å². The highest BCUT2D eigenvalue weighted by Gasteiger charge is 2.19. The summed E-state index contributed by atoms with van der Waals surface area (Å²) < 4.78 is 27.1. The minimum Gasteiger partial charge on any atom is -0.375 e. The van der Waals surface area contributed by atoms with Crippen molar-refractivity contribution < 1.29 is 17.5 Å². The van der Waals surface area contributed by atoms with Gasteiger partial charge in [-0.05, 0) is 6.07 Å². The molecule has 0 saturated carbocycles. The van der Waals surface area contributed by atoms with E-state index in [1.807, 2.05) is 0 Å². The normalized spacial score (nSPS) is 10.8. The molecule has 0 saturated heterocycles. The predicted molar refractivity (Wildman–Crippen MR) is 57.7 cm³/mol. The Balaban J connectivity index is 3.06. The molecule has 0 fully saturated rings. The molecule has 1 rings (SSSR count). The first-order valence-corrected chi connectivity index (χ1v) is 5.80. The van der Waals surface area contributed by atoms with E-state index in [1.54, 1.807) is 0 Å². The lowest BCUT2D eigenvalue weighted by Gasteiger charge is -2.04. The van der Waals surface area contributed by atoms with E-state index < -0.39 is 26.5 Å². The molecular formula is C9H9NO5S. The zero-order valence-electron chi connectivity index (χ0n) is 8.20. The summed E-state index contributed by atoms with van der Waals surface area (Å²) in [6.07, 6.45) is 1.14. The highest BCUT2D eigenvalue weighted by molar-refractivity contribution is 7.87. The maximum Gasteiger partial charge on any atom is 0.313 e. The van der Waals surface area contributed by atoms with Gasteiger partial charge in [-0.25, -0.2) is 0 Å². The van der Waals surface area contributed by atoms with Crippen molar-refractivity contribution in [3.8, 4) is 5.75 Å². The van der Waals surface area contributed by atoms with E-state index in [1.165, 1.54) is 24.3 Å². The molecule has 7 heteroatoms. The minimum atomic E-state index is -3.86. The standard InChI is InChI=1S/C9H9NO5S/c1-2-7-16(13,14)15-9-6-4-3-5-8(9)10(11)12/h2-6H,1,7H2. The second kappa shape index (κ2) is 4.75. The quantitative estimate of drug-likeness (QED) is 0.338. The summed E-state index contributed by atoms with van der Waals surface area (Å²) in [4.78, 5) is 9.87. The van der Waals surface area contributed by atoms with Gasteiger partial charge in [-0.1, -0.05) is 18.2 Å². The largest absolute Gasteiger partial charge is 0.375 e. The van der Waals surface area contributed by atoms with Crippen LogP contribution in [0.1, 0.15) is 0 Å². The van der Waals surface area contributed by atoms with E-state index in [0.717, 1.165) is 6.08 Å². The number of hydrogen-bond acceptors (Lipinski definition) is 5. The van der Waals surface area contributed by atoms with Gasteiger partial charge in [-0.15, -0.1) is 6.58 Å². The van der Waals surface area contributed by atoms with Crippen molar-refractivity contribution in [1.82, 2.24) is 0 Å². The molecule has 0 aliphatic rings. The Morgan fingerprint density at radius 3 is 2.62 bits per heavy atom. The van der Waals surface area contributed by atoms with Crippen LogP contribution in [0.15, 0.2) is 36.9 Å². The highest BCUT2D eigenvalue weighted by Crippen LogP contribution is 2.27. The minimum absolute atomic E-state index is 0.297. The van der Waals surface area contributed by atoms with Crippen molar-refractivity contribution in [2.24, 2.45) is 0 Å². The summed E-state index contributed by atoms with van der Waals surface area (Å²) in [6, 6.07) is 5.26. The van der Waals surface area contributed by atoms with Gasteiger partial charge < -0.3 is 4.18 Å². The number of para-hydroxylation sites is 2. The zero-order valence-corrected chi connectivity index (χ0v) is 9.01. The number of nitro groups is 1. The van der Waals surface area contributed by atoms with Crippen LogP contribution in [0.25, 0.3) is 0 Å². The molecule has 0 unspecified atom stereocenters. The maximum absolute atomic E-state index is 11.3. The molecule has 0 spiro atoms. The van der Waals surface area contributed by atoms with E-state index in [9.17, 15) is 18.5 Å². The predicted octanol–water partition coefficient (Wildman–Crippen LogP) is 1.49. The molecule has 0 aromatic heterocycles. The molecule has 0 N–H and O–H groups in total. The van der Waals surface area contributed by atoms with Crippen LogP contribution in [0, 0.1) is 10.1 Å². The fourth-order valence-electron chi connectivity index (χ4n) is 0.994. The van der Waals surface area contributed by atoms with Gasteiger partial charge in [0.05, 0.1) is 4.92 Å². The van der Waals surface area contributed by atoms with Crippen molar-refractivity contribution in [3.05, 3.63) is 47.0 Å². The SMILES string of the molecule is C=CCS(=O)(=O)Oc1ccccc1[N+](=O)[O-]. The van der Waals surface area contributed by atoms with Crippen LogP contribution in [0.2, 0.25) is 0 Å². The Labute approximate surface area is 92.4 Å². The van der Waals surface area contributed by atoms with E-state index in [2.05, 4.69) is 10.8 Å². The smallest absolute Gasteiger partial charge is 0.313 e. The molecular weight excluding hydrogens is 234 g/mol. The van der Waals surface area contributed by atoms with Crippen LogP contribution in [0.5, 0.6) is 5.75 Å². The summed E-state index contributed by atoms with van der Waals surface area (Å²) in [7, 11) is -3.86. The number of nitro benzene ring substituents is 1. The number of nitrogens with zero attached hydrogens (tertiary/aromatic N) is 1. The summed E-state index contributed by atoms with van der Waals surface area (Å²) in [5.41, 5.74) is -0.393. The Kier molecular flexibility index (Phi) is 3.62. The number of hydrogen-bond donors (Lipinski definition) is 0. The summed E-state index contributed by atoms with van der Waals surface area (Å²) >= 11 is 0. The number of rotatable bonds is 5. The molecule has 0 amide bonds. The van der Waals surface area contributed by atoms with Gasteiger partial charge >= 0.3 is 15.8 Å². The van der Waals surface area contributed by atoms with E-state index in [-0.39, 0.29) is 5.75 Å². The van der Waals surface area contributed by atoms with Gasteiger partial charge in [0, 0.05) is 6.07 Å². The maximum atomic E-state index is 11.3. The van der Waals surface area contributed by atoms with E-state index >= 15 is 0 Å². The second-order valence-electron chi connectivity index (χ2n) is 2.82. The molecule has 0 aliphatic carbocycles. The molecule has 0 atom stereocenters. The summed E-state index contributed by atoms with van der Waals surface area (Å²) in [5, 5.41) is 10.6. The average molecular weight is 243 g/mol. The first-order valence-electron chi connectivity index (χ1n) is 4.23. The average Bonchev–Trinajstić information content (AvgIpc) is 2.17. The van der Waals surface area contributed by atoms with Crippen molar-refractivity contribution >= 4 is 15.8 Å². The molecule has 1 aromatic carbocycles. The molecule has 86 valence electrons. The lowest BCUT2D eigenvalue weighted by molar-refractivity contribution is -0.385. The van der Waals surface area contributed by atoms with Gasteiger partial charge in [0.1, 0.15) is 5.75 Å². The van der Waals surface area contributed by atoms with Gasteiger partial charge in [0.25, 0.3) is 0 Å². The topological polar surface area (TPSA) is 86.5 Å². The van der Waals surface area contributed by atoms with Crippen LogP contribution in [0.3, 0.4) is 0 Å². The van der Waals surface area contributed by atoms with Crippen molar-refractivity contribution in [2.75, 3.05) is 5.75 Å². The second-order valence-corrected chi connectivity index (χ2v) is 4.44. The van der Waals surface area contributed by atoms with Crippen molar-refractivity contribution in [1.29, 1.82) is 0 Å². The zero-order chi connectivity index (χ0) is 12.2. The van der Waals surface area contributed by atoms with Crippen LogP contribution in [-0.4, -0.2) is 19.1 Å². The molecule has 0 heterocycles. The first kappa shape index (κ1) is 12.2. The third-order valence-electron chi connectivity index (χ3n) is 1.60. The van der Waals surface area contributed by atoms with Crippen LogP contribution < -0.4 is 4.18 Å². The molecule has 1 aromatic rings. The van der Waals surface area contributed by atoms with E-state index in [0.29, 0.717) is 0 Å². The molecule has 16 heavy (non-hydrogen) atoms. The highest BCUT2D eigenvalue weighted by atomic mass is 32.2. The monoisotopic (exact) mass is 243 g/mol. The lowest BCUT2D eigenvalue weighted by atomic mass is 10.3. The molecule has 0 aliphatic heterocycles. The van der Waals surface area contributed by atoms with Crippen LogP contribution in [-0.2, 0) is 10.1 Å². The Morgan fingerprint density at radius 1 is 1.44 bits per heavy atom. The summed E-state index contributed by atoms with van der Waals surface area (Å²) in [6.45, 7) is 3.25. The third kappa shape index (κ3) is 3.06.